The summed E-state index contributed by atoms with van der Waals surface area (Å²) in [5.41, 5.74) is 0. The highest BCUT2D eigenvalue weighted by atomic mass is 16.7. The number of carboxylic acid groups (broad SMARTS) is 1. The molecule has 0 saturated heterocycles. The van der Waals surface area contributed by atoms with Crippen molar-refractivity contribution in [3.05, 3.63) is 11.8 Å². The molecule has 0 fully saturated rings. The maximum atomic E-state index is 11.3. The van der Waals surface area contributed by atoms with Crippen LogP contribution in [0.1, 0.15) is 27.2 Å². The predicted octanol–water partition coefficient (Wildman–Crippen LogP) is 1.65. The van der Waals surface area contributed by atoms with Crippen LogP contribution in [-0.4, -0.2) is 62.1 Å². The molecule has 3 atom stereocenters. The molecule has 0 saturated carbocycles. The Labute approximate surface area is 143 Å². The fraction of sp³-hybridized carbons (Fsp3) is 0.824. The molecule has 1 heterocycles. The number of rotatable bonds is 12. The minimum absolute atomic E-state index is 0.00373. The first-order chi connectivity index (χ1) is 11.5. The highest BCUT2D eigenvalue weighted by Crippen LogP contribution is 2.36. The Balaban J connectivity index is 2.60. The van der Waals surface area contributed by atoms with Crippen LogP contribution in [0.3, 0.4) is 0 Å². The second kappa shape index (κ2) is 11.4. The summed E-state index contributed by atoms with van der Waals surface area (Å²) in [5, 5.41) is 17.8. The van der Waals surface area contributed by atoms with Gasteiger partial charge in [-0.1, -0.05) is 13.8 Å². The molecule has 0 aromatic rings. The molecule has 24 heavy (non-hydrogen) atoms. The molecule has 140 valence electrons. The zero-order chi connectivity index (χ0) is 17.9. The van der Waals surface area contributed by atoms with Gasteiger partial charge in [-0.15, -0.1) is 0 Å². The van der Waals surface area contributed by atoms with Gasteiger partial charge in [0.25, 0.3) is 0 Å². The Morgan fingerprint density at radius 3 is 2.46 bits per heavy atom. The van der Waals surface area contributed by atoms with Crippen LogP contribution >= 0.6 is 0 Å². The molecule has 0 aromatic heterocycles. The van der Waals surface area contributed by atoms with Gasteiger partial charge in [0.15, 0.2) is 0 Å². The molecule has 0 bridgehead atoms. The van der Waals surface area contributed by atoms with Crippen molar-refractivity contribution >= 4 is 5.97 Å². The highest BCUT2D eigenvalue weighted by molar-refractivity contribution is 5.84. The van der Waals surface area contributed by atoms with E-state index in [0.717, 1.165) is 0 Å². The lowest BCUT2D eigenvalue weighted by atomic mass is 9.79. The predicted molar refractivity (Wildman–Crippen MR) is 87.4 cm³/mol. The Morgan fingerprint density at radius 2 is 1.92 bits per heavy atom. The summed E-state index contributed by atoms with van der Waals surface area (Å²) in [5.74, 6) is -0.756. The first-order valence-corrected chi connectivity index (χ1v) is 8.50. The van der Waals surface area contributed by atoms with Crippen LogP contribution in [0.25, 0.3) is 0 Å². The molecule has 0 aromatic carbocycles. The minimum atomic E-state index is -1.07. The first kappa shape index (κ1) is 20.9. The molecule has 2 N–H and O–H groups in total. The summed E-state index contributed by atoms with van der Waals surface area (Å²) in [6.07, 6.45) is 1.82. The summed E-state index contributed by atoms with van der Waals surface area (Å²) in [6.45, 7) is 8.15. The molecule has 7 heteroatoms. The van der Waals surface area contributed by atoms with Crippen molar-refractivity contribution in [2.24, 2.45) is 17.8 Å². The van der Waals surface area contributed by atoms with Crippen LogP contribution < -0.4 is 0 Å². The van der Waals surface area contributed by atoms with Crippen molar-refractivity contribution in [2.45, 2.75) is 33.5 Å². The number of hydrogen-bond acceptors (Lipinski definition) is 6. The Kier molecular flexibility index (Phi) is 9.94. The second-order valence-corrected chi connectivity index (χ2v) is 6.00. The van der Waals surface area contributed by atoms with E-state index in [2.05, 4.69) is 13.8 Å². The molecule has 0 unspecified atom stereocenters. The molecular formula is C17H30O7. The van der Waals surface area contributed by atoms with Crippen LogP contribution in [0.15, 0.2) is 11.8 Å². The van der Waals surface area contributed by atoms with Gasteiger partial charge in [0.1, 0.15) is 0 Å². The highest BCUT2D eigenvalue weighted by Gasteiger charge is 2.38. The quantitative estimate of drug-likeness (QED) is 0.519. The number of aliphatic carboxylic acids is 1. The lowest BCUT2D eigenvalue weighted by Gasteiger charge is -2.38. The maximum Gasteiger partial charge on any atom is 0.370 e. The van der Waals surface area contributed by atoms with Gasteiger partial charge in [-0.3, -0.25) is 0 Å². The van der Waals surface area contributed by atoms with Gasteiger partial charge < -0.3 is 29.2 Å². The van der Waals surface area contributed by atoms with Gasteiger partial charge in [0.05, 0.1) is 26.4 Å². The van der Waals surface area contributed by atoms with E-state index >= 15 is 0 Å². The van der Waals surface area contributed by atoms with Crippen LogP contribution in [-0.2, 0) is 23.7 Å². The van der Waals surface area contributed by atoms with Crippen molar-refractivity contribution in [2.75, 3.05) is 39.6 Å². The number of aliphatic hydroxyl groups excluding tert-OH is 1. The summed E-state index contributed by atoms with van der Waals surface area (Å²) < 4.78 is 21.8. The molecule has 7 nitrogen and oxygen atoms in total. The Morgan fingerprint density at radius 1 is 1.25 bits per heavy atom. The third-order valence-corrected chi connectivity index (χ3v) is 3.95. The summed E-state index contributed by atoms with van der Waals surface area (Å²) in [7, 11) is 0. The summed E-state index contributed by atoms with van der Waals surface area (Å²) >= 11 is 0. The van der Waals surface area contributed by atoms with Gasteiger partial charge in [0, 0.05) is 19.1 Å². The van der Waals surface area contributed by atoms with E-state index < -0.39 is 12.3 Å². The molecular weight excluding hydrogens is 316 g/mol. The lowest BCUT2D eigenvalue weighted by molar-refractivity contribution is -0.182. The van der Waals surface area contributed by atoms with Crippen LogP contribution in [0, 0.1) is 17.8 Å². The fourth-order valence-corrected chi connectivity index (χ4v) is 2.80. The second-order valence-electron chi connectivity index (χ2n) is 6.00. The fourth-order valence-electron chi connectivity index (χ4n) is 2.80. The van der Waals surface area contributed by atoms with E-state index in [1.54, 1.807) is 6.08 Å². The average Bonchev–Trinajstić information content (AvgIpc) is 2.54. The molecule has 1 rings (SSSR count). The van der Waals surface area contributed by atoms with Crippen LogP contribution in [0.5, 0.6) is 0 Å². The molecule has 1 aliphatic rings. The lowest BCUT2D eigenvalue weighted by Crippen LogP contribution is -2.39. The van der Waals surface area contributed by atoms with E-state index in [1.807, 2.05) is 6.92 Å². The van der Waals surface area contributed by atoms with Crippen molar-refractivity contribution in [1.29, 1.82) is 0 Å². The van der Waals surface area contributed by atoms with Gasteiger partial charge in [-0.05, 0) is 31.3 Å². The molecule has 0 aliphatic carbocycles. The van der Waals surface area contributed by atoms with Crippen molar-refractivity contribution in [3.63, 3.8) is 0 Å². The Bertz CT molecular complexity index is 394. The minimum Gasteiger partial charge on any atom is -0.475 e. The van der Waals surface area contributed by atoms with E-state index in [9.17, 15) is 9.90 Å². The topological polar surface area (TPSA) is 94.5 Å². The van der Waals surface area contributed by atoms with Gasteiger partial charge in [0.2, 0.25) is 12.0 Å². The van der Waals surface area contributed by atoms with E-state index in [1.165, 1.54) is 0 Å². The molecule has 1 aliphatic heterocycles. The average molecular weight is 346 g/mol. The maximum absolute atomic E-state index is 11.3. The van der Waals surface area contributed by atoms with Crippen LogP contribution in [0.2, 0.25) is 0 Å². The van der Waals surface area contributed by atoms with Crippen molar-refractivity contribution in [3.8, 4) is 0 Å². The largest absolute Gasteiger partial charge is 0.475 e. The zero-order valence-corrected chi connectivity index (χ0v) is 14.8. The van der Waals surface area contributed by atoms with E-state index in [-0.39, 0.29) is 30.1 Å². The SMILES string of the molecule is CCO[C@H]1OC(C(=O)O)=C[C@@H](C(C)C)[C@@H]1CCOCCOCCO. The number of carbonyl (C=O) groups is 1. The summed E-state index contributed by atoms with van der Waals surface area (Å²) in [6, 6.07) is 0. The molecule has 0 amide bonds. The Hall–Kier alpha value is -1.15. The standard InChI is InChI=1S/C17H30O7/c1-4-23-17-13(5-7-21-9-10-22-8-6-18)14(12(2)3)11-15(24-17)16(19)20/h11-14,17-18H,4-10H2,1-3H3,(H,19,20)/t13-,14-,17-/m0/s1. The van der Waals surface area contributed by atoms with Gasteiger partial charge in [-0.25, -0.2) is 4.79 Å². The van der Waals surface area contributed by atoms with Gasteiger partial charge in [-0.2, -0.15) is 0 Å². The third kappa shape index (κ3) is 6.76. The van der Waals surface area contributed by atoms with Crippen molar-refractivity contribution in [1.82, 2.24) is 0 Å². The number of aliphatic hydroxyl groups is 1. The summed E-state index contributed by atoms with van der Waals surface area (Å²) in [4.78, 5) is 11.3. The third-order valence-electron chi connectivity index (χ3n) is 3.95. The van der Waals surface area contributed by atoms with Crippen molar-refractivity contribution < 1.29 is 34.0 Å². The number of ether oxygens (including phenoxy) is 4. The van der Waals surface area contributed by atoms with E-state index in [4.69, 9.17) is 24.1 Å². The van der Waals surface area contributed by atoms with Crippen LogP contribution in [0.4, 0.5) is 0 Å². The molecule has 0 spiro atoms. The smallest absolute Gasteiger partial charge is 0.370 e. The first-order valence-electron chi connectivity index (χ1n) is 8.50. The number of carboxylic acids is 1. The monoisotopic (exact) mass is 346 g/mol. The number of allylic oxidation sites excluding steroid dienone is 1. The zero-order valence-electron chi connectivity index (χ0n) is 14.8. The number of hydrogen-bond donors (Lipinski definition) is 2. The molecule has 0 radical (unpaired) electrons. The normalized spacial score (nSPS) is 23.9. The van der Waals surface area contributed by atoms with Gasteiger partial charge >= 0.3 is 5.97 Å². The van der Waals surface area contributed by atoms with E-state index in [0.29, 0.717) is 39.5 Å².